The van der Waals surface area contributed by atoms with Crippen LogP contribution in [0.4, 0.5) is 0 Å². The molecule has 7 heteroatoms. The Bertz CT molecular complexity index is 724. The molecule has 2 aromatic rings. The van der Waals surface area contributed by atoms with Crippen molar-refractivity contribution in [3.8, 4) is 11.5 Å². The van der Waals surface area contributed by atoms with Crippen LogP contribution < -0.4 is 20.1 Å². The van der Waals surface area contributed by atoms with Crippen molar-refractivity contribution in [2.45, 2.75) is 33.7 Å². The van der Waals surface area contributed by atoms with Crippen LogP contribution in [0.5, 0.6) is 11.5 Å². The topological polar surface area (TPSA) is 67.8 Å². The van der Waals surface area contributed by atoms with Gasteiger partial charge in [-0.05, 0) is 38.5 Å². The number of hydrogen-bond donors (Lipinski definition) is 2. The summed E-state index contributed by atoms with van der Waals surface area (Å²) in [6.07, 6.45) is 0.886. The Morgan fingerprint density at radius 2 is 2.04 bits per heavy atom. The monoisotopic (exact) mass is 376 g/mol. The van der Waals surface area contributed by atoms with Gasteiger partial charge in [0.1, 0.15) is 0 Å². The zero-order chi connectivity index (χ0) is 18.9. The first-order valence-corrected chi connectivity index (χ1v) is 9.56. The number of thiazole rings is 1. The lowest BCUT2D eigenvalue weighted by Crippen LogP contribution is -2.37. The lowest BCUT2D eigenvalue weighted by atomic mass is 10.2. The van der Waals surface area contributed by atoms with E-state index < -0.39 is 0 Å². The summed E-state index contributed by atoms with van der Waals surface area (Å²) in [6, 6.07) is 5.93. The SMILES string of the molecule is CCOc1ccc(CNC(=NC)NCCc2nc(C)c(C)s2)cc1OC. The maximum Gasteiger partial charge on any atom is 0.191 e. The molecule has 0 aliphatic heterocycles. The van der Waals surface area contributed by atoms with Gasteiger partial charge >= 0.3 is 0 Å². The first kappa shape index (κ1) is 20.0. The average molecular weight is 377 g/mol. The van der Waals surface area contributed by atoms with Crippen LogP contribution in [0.1, 0.15) is 28.1 Å². The molecule has 0 atom stereocenters. The molecule has 1 aromatic carbocycles. The molecule has 6 nitrogen and oxygen atoms in total. The van der Waals surface area contributed by atoms with Crippen LogP contribution in [0.25, 0.3) is 0 Å². The van der Waals surface area contributed by atoms with Gasteiger partial charge in [-0.15, -0.1) is 11.3 Å². The van der Waals surface area contributed by atoms with Crippen molar-refractivity contribution in [3.63, 3.8) is 0 Å². The molecule has 0 aliphatic carbocycles. The van der Waals surface area contributed by atoms with Gasteiger partial charge in [-0.1, -0.05) is 6.07 Å². The summed E-state index contributed by atoms with van der Waals surface area (Å²) in [6.45, 7) is 8.17. The molecule has 1 heterocycles. The number of nitrogens with zero attached hydrogens (tertiary/aromatic N) is 2. The molecule has 0 radical (unpaired) electrons. The normalized spacial score (nSPS) is 11.3. The Balaban J connectivity index is 1.84. The van der Waals surface area contributed by atoms with E-state index in [4.69, 9.17) is 9.47 Å². The summed E-state index contributed by atoms with van der Waals surface area (Å²) in [5.41, 5.74) is 2.22. The number of benzene rings is 1. The van der Waals surface area contributed by atoms with Crippen LogP contribution in [0.3, 0.4) is 0 Å². The molecule has 0 saturated heterocycles. The summed E-state index contributed by atoms with van der Waals surface area (Å²) in [4.78, 5) is 10.1. The van der Waals surface area contributed by atoms with Crippen LogP contribution in [0.15, 0.2) is 23.2 Å². The highest BCUT2D eigenvalue weighted by Crippen LogP contribution is 2.27. The number of aromatic nitrogens is 1. The Hall–Kier alpha value is -2.28. The summed E-state index contributed by atoms with van der Waals surface area (Å²) in [7, 11) is 3.42. The molecule has 2 N–H and O–H groups in total. The Morgan fingerprint density at radius 1 is 1.23 bits per heavy atom. The highest BCUT2D eigenvalue weighted by molar-refractivity contribution is 7.11. The third-order valence-electron chi connectivity index (χ3n) is 3.92. The van der Waals surface area contributed by atoms with Crippen LogP contribution >= 0.6 is 11.3 Å². The van der Waals surface area contributed by atoms with E-state index in [-0.39, 0.29) is 0 Å². The van der Waals surface area contributed by atoms with Gasteiger partial charge in [-0.25, -0.2) is 4.98 Å². The van der Waals surface area contributed by atoms with Gasteiger partial charge in [0.25, 0.3) is 0 Å². The van der Waals surface area contributed by atoms with Crippen molar-refractivity contribution in [1.29, 1.82) is 0 Å². The smallest absolute Gasteiger partial charge is 0.191 e. The molecule has 0 spiro atoms. The van der Waals surface area contributed by atoms with Crippen molar-refractivity contribution in [2.75, 3.05) is 27.3 Å². The third-order valence-corrected chi connectivity index (χ3v) is 5.05. The largest absolute Gasteiger partial charge is 0.493 e. The summed E-state index contributed by atoms with van der Waals surface area (Å²) in [5, 5.41) is 7.80. The molecular weight excluding hydrogens is 348 g/mol. The Labute approximate surface area is 159 Å². The minimum atomic E-state index is 0.614. The Kier molecular flexibility index (Phi) is 7.72. The average Bonchev–Trinajstić information content (AvgIpc) is 2.96. The van der Waals surface area contributed by atoms with Crippen molar-refractivity contribution < 1.29 is 9.47 Å². The number of rotatable bonds is 8. The quantitative estimate of drug-likeness (QED) is 0.547. The van der Waals surface area contributed by atoms with E-state index in [0.717, 1.165) is 46.7 Å². The molecule has 0 unspecified atom stereocenters. The highest BCUT2D eigenvalue weighted by atomic mass is 32.1. The zero-order valence-electron chi connectivity index (χ0n) is 16.2. The van der Waals surface area contributed by atoms with Gasteiger partial charge in [0.15, 0.2) is 17.5 Å². The van der Waals surface area contributed by atoms with Crippen LogP contribution in [0, 0.1) is 13.8 Å². The van der Waals surface area contributed by atoms with Crippen molar-refractivity contribution >= 4 is 17.3 Å². The molecular formula is C19H28N4O2S. The van der Waals surface area contributed by atoms with Gasteiger partial charge in [0.2, 0.25) is 0 Å². The van der Waals surface area contributed by atoms with Crippen LogP contribution in [-0.2, 0) is 13.0 Å². The molecule has 0 amide bonds. The predicted octanol–water partition coefficient (Wildman–Crippen LogP) is 3.07. The number of guanidine groups is 1. The molecule has 1 aromatic heterocycles. The van der Waals surface area contributed by atoms with E-state index >= 15 is 0 Å². The van der Waals surface area contributed by atoms with Gasteiger partial charge in [-0.3, -0.25) is 4.99 Å². The highest BCUT2D eigenvalue weighted by Gasteiger charge is 2.07. The molecule has 142 valence electrons. The lowest BCUT2D eigenvalue weighted by Gasteiger charge is -2.13. The van der Waals surface area contributed by atoms with E-state index in [0.29, 0.717) is 13.2 Å². The Morgan fingerprint density at radius 3 is 2.65 bits per heavy atom. The van der Waals surface area contributed by atoms with Gasteiger partial charge in [0.05, 0.1) is 24.4 Å². The lowest BCUT2D eigenvalue weighted by molar-refractivity contribution is 0.310. The molecule has 26 heavy (non-hydrogen) atoms. The number of ether oxygens (including phenoxy) is 2. The molecule has 0 aliphatic rings. The minimum Gasteiger partial charge on any atom is -0.493 e. The van der Waals surface area contributed by atoms with Crippen LogP contribution in [-0.4, -0.2) is 38.3 Å². The molecule has 0 fully saturated rings. The second-order valence-electron chi connectivity index (χ2n) is 5.77. The third kappa shape index (κ3) is 5.62. The van der Waals surface area contributed by atoms with E-state index in [9.17, 15) is 0 Å². The van der Waals surface area contributed by atoms with Gasteiger partial charge in [-0.2, -0.15) is 0 Å². The molecule has 0 saturated carbocycles. The number of nitrogens with one attached hydrogen (secondary N) is 2. The predicted molar refractivity (Wildman–Crippen MR) is 108 cm³/mol. The first-order valence-electron chi connectivity index (χ1n) is 8.74. The first-order chi connectivity index (χ1) is 12.6. The summed E-state index contributed by atoms with van der Waals surface area (Å²) in [5.74, 6) is 2.27. The fraction of sp³-hybridized carbons (Fsp3) is 0.474. The van der Waals surface area contributed by atoms with E-state index in [1.807, 2.05) is 32.0 Å². The standard InChI is InChI=1S/C19H28N4O2S/c1-6-25-16-8-7-15(11-17(16)24-5)12-22-19(20-4)21-10-9-18-23-13(2)14(3)26-18/h7-8,11H,6,9-10,12H2,1-5H3,(H2,20,21,22). The minimum absolute atomic E-state index is 0.614. The zero-order valence-corrected chi connectivity index (χ0v) is 17.0. The van der Waals surface area contributed by atoms with Gasteiger partial charge < -0.3 is 20.1 Å². The number of aliphatic imine (C=N–C) groups is 1. The van der Waals surface area contributed by atoms with Crippen molar-refractivity contribution in [3.05, 3.63) is 39.3 Å². The summed E-state index contributed by atoms with van der Waals surface area (Å²) >= 11 is 1.76. The van der Waals surface area contributed by atoms with Crippen molar-refractivity contribution in [2.24, 2.45) is 4.99 Å². The fourth-order valence-corrected chi connectivity index (χ4v) is 3.37. The van der Waals surface area contributed by atoms with Crippen molar-refractivity contribution in [1.82, 2.24) is 15.6 Å². The molecule has 2 rings (SSSR count). The second-order valence-corrected chi connectivity index (χ2v) is 7.06. The fourth-order valence-electron chi connectivity index (χ4n) is 2.44. The number of methoxy groups -OCH3 is 1. The van der Waals surface area contributed by atoms with E-state index in [2.05, 4.69) is 27.5 Å². The van der Waals surface area contributed by atoms with Gasteiger partial charge in [0, 0.05) is 31.4 Å². The van der Waals surface area contributed by atoms with E-state index in [1.165, 1.54) is 4.88 Å². The maximum atomic E-state index is 5.55. The number of hydrogen-bond acceptors (Lipinski definition) is 5. The molecule has 0 bridgehead atoms. The van der Waals surface area contributed by atoms with Crippen LogP contribution in [0.2, 0.25) is 0 Å². The second kappa shape index (κ2) is 10.0. The van der Waals surface area contributed by atoms with E-state index in [1.54, 1.807) is 25.5 Å². The maximum absolute atomic E-state index is 5.55. The number of aryl methyl sites for hydroxylation is 2. The summed E-state index contributed by atoms with van der Waals surface area (Å²) < 4.78 is 10.9.